The van der Waals surface area contributed by atoms with Crippen molar-refractivity contribution >= 4 is 39.6 Å². The summed E-state index contributed by atoms with van der Waals surface area (Å²) in [6.07, 6.45) is 5.22. The van der Waals surface area contributed by atoms with Gasteiger partial charge in [0.1, 0.15) is 5.00 Å². The number of benzene rings is 1. The average Bonchev–Trinajstić information content (AvgIpc) is 3.10. The lowest BCUT2D eigenvalue weighted by Crippen LogP contribution is -2.36. The van der Waals surface area contributed by atoms with Gasteiger partial charge in [-0.2, -0.15) is 0 Å². The summed E-state index contributed by atoms with van der Waals surface area (Å²) in [4.78, 5) is 15.6. The number of carbonyl (C=O) groups is 1. The first-order chi connectivity index (χ1) is 13.6. The zero-order valence-electron chi connectivity index (χ0n) is 17.0. The summed E-state index contributed by atoms with van der Waals surface area (Å²) in [6, 6.07) is 12.1. The number of anilines is 1. The molecule has 0 radical (unpaired) electrons. The highest BCUT2D eigenvalue weighted by Crippen LogP contribution is 2.31. The molecular weight excluding hydrogens is 388 g/mol. The molecule has 0 saturated carbocycles. The maximum atomic E-state index is 12.3. The average molecular weight is 419 g/mol. The molecule has 4 nitrogen and oxygen atoms in total. The molecule has 0 amide bonds. The molecule has 0 atom stereocenters. The van der Waals surface area contributed by atoms with Crippen molar-refractivity contribution in [2.45, 2.75) is 46.0 Å². The third-order valence-corrected chi connectivity index (χ3v) is 5.89. The molecule has 2 rings (SSSR count). The van der Waals surface area contributed by atoms with Crippen molar-refractivity contribution in [1.82, 2.24) is 4.90 Å². The van der Waals surface area contributed by atoms with Gasteiger partial charge in [0, 0.05) is 24.4 Å². The topological polar surface area (TPSA) is 41.6 Å². The molecule has 0 spiro atoms. The summed E-state index contributed by atoms with van der Waals surface area (Å²) in [5.74, 6) is -0.338. The SMILES string of the molecule is CCCCN(CCCC)C(=S)Nc1sc(Cc2ccccc2)cc1C(=O)OC. The van der Waals surface area contributed by atoms with Crippen LogP contribution in [0.3, 0.4) is 0 Å². The smallest absolute Gasteiger partial charge is 0.340 e. The minimum atomic E-state index is -0.338. The molecule has 0 unspecified atom stereocenters. The highest BCUT2D eigenvalue weighted by atomic mass is 32.1. The summed E-state index contributed by atoms with van der Waals surface area (Å²) in [5, 5.41) is 4.77. The monoisotopic (exact) mass is 418 g/mol. The Balaban J connectivity index is 2.19. The molecule has 6 heteroatoms. The Morgan fingerprint density at radius 2 is 1.79 bits per heavy atom. The van der Waals surface area contributed by atoms with E-state index in [1.165, 1.54) is 12.7 Å². The van der Waals surface area contributed by atoms with Gasteiger partial charge in [-0.05, 0) is 36.7 Å². The second-order valence-corrected chi connectivity index (χ2v) is 8.26. The van der Waals surface area contributed by atoms with Gasteiger partial charge in [-0.25, -0.2) is 4.79 Å². The van der Waals surface area contributed by atoms with Gasteiger partial charge in [-0.15, -0.1) is 11.3 Å². The molecule has 28 heavy (non-hydrogen) atoms. The number of hydrogen-bond donors (Lipinski definition) is 1. The van der Waals surface area contributed by atoms with Crippen LogP contribution < -0.4 is 5.32 Å². The van der Waals surface area contributed by atoms with Gasteiger partial charge in [0.2, 0.25) is 0 Å². The lowest BCUT2D eigenvalue weighted by Gasteiger charge is -2.25. The lowest BCUT2D eigenvalue weighted by atomic mass is 10.1. The molecule has 0 bridgehead atoms. The summed E-state index contributed by atoms with van der Waals surface area (Å²) in [5.41, 5.74) is 1.76. The Hall–Kier alpha value is -1.92. The van der Waals surface area contributed by atoms with Gasteiger partial charge in [0.15, 0.2) is 5.11 Å². The van der Waals surface area contributed by atoms with E-state index in [9.17, 15) is 4.79 Å². The summed E-state index contributed by atoms with van der Waals surface area (Å²) >= 11 is 7.24. The largest absolute Gasteiger partial charge is 0.465 e. The molecule has 1 aromatic carbocycles. The van der Waals surface area contributed by atoms with Crippen LogP contribution in [0.1, 0.15) is 60.3 Å². The fraction of sp³-hybridized carbons (Fsp3) is 0.455. The van der Waals surface area contributed by atoms with Crippen LogP contribution >= 0.6 is 23.6 Å². The van der Waals surface area contributed by atoms with Crippen LogP contribution in [0, 0.1) is 0 Å². The number of nitrogens with one attached hydrogen (secondary N) is 1. The Morgan fingerprint density at radius 1 is 1.14 bits per heavy atom. The molecule has 1 heterocycles. The second kappa shape index (κ2) is 11.8. The number of esters is 1. The zero-order valence-corrected chi connectivity index (χ0v) is 18.6. The summed E-state index contributed by atoms with van der Waals surface area (Å²) in [6.45, 7) is 6.22. The molecule has 0 aliphatic rings. The molecule has 0 aliphatic heterocycles. The Labute approximate surface area is 177 Å². The minimum Gasteiger partial charge on any atom is -0.465 e. The summed E-state index contributed by atoms with van der Waals surface area (Å²) in [7, 11) is 1.41. The van der Waals surface area contributed by atoms with E-state index in [2.05, 4.69) is 36.2 Å². The minimum absolute atomic E-state index is 0.338. The van der Waals surface area contributed by atoms with Crippen molar-refractivity contribution in [1.29, 1.82) is 0 Å². The quantitative estimate of drug-likeness (QED) is 0.394. The van der Waals surface area contributed by atoms with E-state index in [0.717, 1.165) is 55.1 Å². The van der Waals surface area contributed by atoms with Crippen LogP contribution in [-0.4, -0.2) is 36.2 Å². The van der Waals surface area contributed by atoms with E-state index < -0.39 is 0 Å². The number of rotatable bonds is 10. The highest BCUT2D eigenvalue weighted by molar-refractivity contribution is 7.80. The van der Waals surface area contributed by atoms with Crippen molar-refractivity contribution in [3.8, 4) is 0 Å². The second-order valence-electron chi connectivity index (χ2n) is 6.73. The van der Waals surface area contributed by atoms with Gasteiger partial charge in [-0.1, -0.05) is 57.0 Å². The van der Waals surface area contributed by atoms with Gasteiger partial charge in [-0.3, -0.25) is 0 Å². The molecular formula is C22H30N2O2S2. The van der Waals surface area contributed by atoms with Gasteiger partial charge in [0.05, 0.1) is 12.7 Å². The van der Waals surface area contributed by atoms with Gasteiger partial charge in [0.25, 0.3) is 0 Å². The van der Waals surface area contributed by atoms with E-state index in [0.29, 0.717) is 10.7 Å². The summed E-state index contributed by atoms with van der Waals surface area (Å²) < 4.78 is 4.98. The molecule has 1 N–H and O–H groups in total. The number of methoxy groups -OCH3 is 1. The highest BCUT2D eigenvalue weighted by Gasteiger charge is 2.19. The van der Waals surface area contributed by atoms with E-state index in [1.54, 1.807) is 11.3 Å². The molecule has 152 valence electrons. The molecule has 1 aromatic heterocycles. The zero-order chi connectivity index (χ0) is 20.4. The fourth-order valence-electron chi connectivity index (χ4n) is 2.87. The number of thiophene rings is 1. The molecule has 2 aromatic rings. The predicted octanol–water partition coefficient (Wildman–Crippen LogP) is 5.72. The molecule has 0 aliphatic carbocycles. The number of thiocarbonyl (C=S) groups is 1. The van der Waals surface area contributed by atoms with E-state index >= 15 is 0 Å². The van der Waals surface area contributed by atoms with Crippen molar-refractivity contribution < 1.29 is 9.53 Å². The number of unbranched alkanes of at least 4 members (excludes halogenated alkanes) is 2. The van der Waals surface area contributed by atoms with Crippen molar-refractivity contribution in [3.05, 3.63) is 52.4 Å². The maximum Gasteiger partial charge on any atom is 0.340 e. The number of hydrogen-bond acceptors (Lipinski definition) is 4. The van der Waals surface area contributed by atoms with Crippen LogP contribution in [0.15, 0.2) is 36.4 Å². The van der Waals surface area contributed by atoms with Crippen LogP contribution in [0.2, 0.25) is 0 Å². The Kier molecular flexibility index (Phi) is 9.44. The maximum absolute atomic E-state index is 12.3. The molecule has 0 saturated heterocycles. The van der Waals surface area contributed by atoms with Crippen LogP contribution in [0.25, 0.3) is 0 Å². The normalized spacial score (nSPS) is 10.5. The first-order valence-corrected chi connectivity index (χ1v) is 11.1. The lowest BCUT2D eigenvalue weighted by molar-refractivity contribution is 0.0602. The Morgan fingerprint density at radius 3 is 2.36 bits per heavy atom. The predicted molar refractivity (Wildman–Crippen MR) is 123 cm³/mol. The molecule has 0 fully saturated rings. The van der Waals surface area contributed by atoms with Crippen molar-refractivity contribution in [2.75, 3.05) is 25.5 Å². The van der Waals surface area contributed by atoms with Gasteiger partial charge >= 0.3 is 5.97 Å². The third kappa shape index (κ3) is 6.60. The first-order valence-electron chi connectivity index (χ1n) is 9.89. The van der Waals surface area contributed by atoms with E-state index in [1.807, 2.05) is 24.3 Å². The number of ether oxygens (including phenoxy) is 1. The van der Waals surface area contributed by atoms with Crippen molar-refractivity contribution in [2.24, 2.45) is 0 Å². The third-order valence-electron chi connectivity index (χ3n) is 4.48. The number of nitrogens with zero attached hydrogens (tertiary/aromatic N) is 1. The van der Waals surface area contributed by atoms with Crippen LogP contribution in [0.5, 0.6) is 0 Å². The van der Waals surface area contributed by atoms with Crippen LogP contribution in [0.4, 0.5) is 5.00 Å². The number of carbonyl (C=O) groups excluding carboxylic acids is 1. The van der Waals surface area contributed by atoms with E-state index in [4.69, 9.17) is 17.0 Å². The fourth-order valence-corrected chi connectivity index (χ4v) is 4.30. The van der Waals surface area contributed by atoms with Crippen LogP contribution in [-0.2, 0) is 11.2 Å². The Bertz CT molecular complexity index is 751. The standard InChI is InChI=1S/C22H30N2O2S2/c1-4-6-13-24(14-7-5-2)22(27)23-20-19(21(25)26-3)16-18(28-20)15-17-11-9-8-10-12-17/h8-12,16H,4-7,13-15H2,1-3H3,(H,23,27). The van der Waals surface area contributed by atoms with Gasteiger partial charge < -0.3 is 15.0 Å². The first kappa shape index (κ1) is 22.4. The van der Waals surface area contributed by atoms with E-state index in [-0.39, 0.29) is 5.97 Å². The van der Waals surface area contributed by atoms with Crippen molar-refractivity contribution in [3.63, 3.8) is 0 Å².